The number of hydrogen-bond donors (Lipinski definition) is 2. The van der Waals surface area contributed by atoms with E-state index in [1.807, 2.05) is 0 Å². The number of nitrogens with zero attached hydrogens (tertiary/aromatic N) is 3. The summed E-state index contributed by atoms with van der Waals surface area (Å²) in [7, 11) is 0. The summed E-state index contributed by atoms with van der Waals surface area (Å²) >= 11 is 0. The Morgan fingerprint density at radius 2 is 1.80 bits per heavy atom. The fourth-order valence-electron chi connectivity index (χ4n) is 2.98. The van der Waals surface area contributed by atoms with Crippen molar-refractivity contribution < 1.29 is 0 Å². The molecule has 0 unspecified atom stereocenters. The van der Waals surface area contributed by atoms with Gasteiger partial charge in [0.05, 0.1) is 6.54 Å². The minimum absolute atomic E-state index is 0. The highest BCUT2D eigenvalue weighted by Crippen LogP contribution is 2.05. The zero-order valence-corrected chi connectivity index (χ0v) is 18.3. The molecule has 2 N–H and O–H groups in total. The first-order valence-corrected chi connectivity index (χ1v) is 9.23. The summed E-state index contributed by atoms with van der Waals surface area (Å²) < 4.78 is 0. The quantitative estimate of drug-likeness (QED) is 0.373. The molecule has 1 fully saturated rings. The van der Waals surface area contributed by atoms with E-state index in [0.717, 1.165) is 25.6 Å². The number of likely N-dealkylation sites (N-methyl/N-ethyl adjacent to an activating group) is 1. The van der Waals surface area contributed by atoms with Gasteiger partial charge in [0.2, 0.25) is 0 Å². The van der Waals surface area contributed by atoms with Crippen LogP contribution in [0.3, 0.4) is 0 Å². The van der Waals surface area contributed by atoms with Gasteiger partial charge in [0, 0.05) is 45.8 Å². The molecule has 0 saturated carbocycles. The van der Waals surface area contributed by atoms with Gasteiger partial charge in [-0.2, -0.15) is 0 Å². The van der Waals surface area contributed by atoms with Gasteiger partial charge in [-0.1, -0.05) is 36.8 Å². The molecule has 0 atom stereocenters. The molecule has 1 aromatic rings. The number of guanidine groups is 1. The van der Waals surface area contributed by atoms with Crippen LogP contribution in [0.15, 0.2) is 29.3 Å². The van der Waals surface area contributed by atoms with Crippen molar-refractivity contribution in [1.29, 1.82) is 0 Å². The summed E-state index contributed by atoms with van der Waals surface area (Å²) in [6, 6.07) is 8.54. The Labute approximate surface area is 170 Å². The van der Waals surface area contributed by atoms with Crippen LogP contribution >= 0.6 is 24.0 Å². The van der Waals surface area contributed by atoms with Crippen molar-refractivity contribution in [3.8, 4) is 0 Å². The number of benzene rings is 1. The number of piperazine rings is 1. The summed E-state index contributed by atoms with van der Waals surface area (Å²) in [6.07, 6.45) is 0. The fourth-order valence-corrected chi connectivity index (χ4v) is 2.98. The summed E-state index contributed by atoms with van der Waals surface area (Å²) in [5.74, 6) is 0.909. The highest BCUT2D eigenvalue weighted by Gasteiger charge is 2.14. The van der Waals surface area contributed by atoms with Crippen molar-refractivity contribution in [2.75, 3.05) is 52.4 Å². The Bertz CT molecular complexity index is 512. The largest absolute Gasteiger partial charge is 0.357 e. The van der Waals surface area contributed by atoms with Gasteiger partial charge in [-0.3, -0.25) is 4.90 Å². The summed E-state index contributed by atoms with van der Waals surface area (Å²) in [4.78, 5) is 9.74. The van der Waals surface area contributed by atoms with Crippen molar-refractivity contribution in [2.24, 2.45) is 4.99 Å². The number of aliphatic imine (C=N–C) groups is 1. The monoisotopic (exact) mass is 459 g/mol. The average molecular weight is 459 g/mol. The van der Waals surface area contributed by atoms with E-state index in [4.69, 9.17) is 4.99 Å². The molecule has 0 bridgehead atoms. The standard InChI is InChI=1S/C19H33N5.HI/c1-4-20-19(22-16-18-8-6-7-17(3)15-18)21-9-10-24-13-11-23(5-2)12-14-24;/h6-8,15H,4-5,9-14,16H2,1-3H3,(H2,20,21,22);1H. The van der Waals surface area contributed by atoms with E-state index in [0.29, 0.717) is 6.54 Å². The van der Waals surface area contributed by atoms with E-state index in [1.54, 1.807) is 0 Å². The lowest BCUT2D eigenvalue weighted by Crippen LogP contribution is -2.49. The molecular weight excluding hydrogens is 425 g/mol. The van der Waals surface area contributed by atoms with E-state index in [1.165, 1.54) is 43.9 Å². The third-order valence-electron chi connectivity index (χ3n) is 4.48. The predicted molar refractivity (Wildman–Crippen MR) is 118 cm³/mol. The van der Waals surface area contributed by atoms with Crippen molar-refractivity contribution >= 4 is 29.9 Å². The van der Waals surface area contributed by atoms with Crippen LogP contribution in [0.4, 0.5) is 0 Å². The van der Waals surface area contributed by atoms with Crippen molar-refractivity contribution in [1.82, 2.24) is 20.4 Å². The Morgan fingerprint density at radius 3 is 2.44 bits per heavy atom. The van der Waals surface area contributed by atoms with Gasteiger partial charge in [0.15, 0.2) is 5.96 Å². The predicted octanol–water partition coefficient (Wildman–Crippen LogP) is 2.31. The smallest absolute Gasteiger partial charge is 0.191 e. The van der Waals surface area contributed by atoms with Crippen LogP contribution in [-0.2, 0) is 6.54 Å². The number of rotatable bonds is 7. The Balaban J connectivity index is 0.00000312. The molecule has 1 aromatic carbocycles. The third kappa shape index (κ3) is 8.37. The average Bonchev–Trinajstić information content (AvgIpc) is 2.60. The third-order valence-corrected chi connectivity index (χ3v) is 4.48. The molecule has 0 spiro atoms. The molecule has 0 radical (unpaired) electrons. The minimum atomic E-state index is 0. The highest BCUT2D eigenvalue weighted by molar-refractivity contribution is 14.0. The Kier molecular flexibility index (Phi) is 11.1. The summed E-state index contributed by atoms with van der Waals surface area (Å²) in [5.41, 5.74) is 2.54. The molecular formula is C19H34IN5. The molecule has 0 amide bonds. The molecule has 1 heterocycles. The van der Waals surface area contributed by atoms with E-state index in [2.05, 4.69) is 65.5 Å². The molecule has 1 aliphatic heterocycles. The Morgan fingerprint density at radius 1 is 1.08 bits per heavy atom. The van der Waals surface area contributed by atoms with Crippen LogP contribution in [0, 0.1) is 6.92 Å². The van der Waals surface area contributed by atoms with Crippen LogP contribution in [-0.4, -0.2) is 68.1 Å². The normalized spacial score (nSPS) is 16.4. The number of halogens is 1. The second kappa shape index (κ2) is 12.5. The lowest BCUT2D eigenvalue weighted by molar-refractivity contribution is 0.139. The first kappa shape index (κ1) is 22.2. The second-order valence-corrected chi connectivity index (χ2v) is 6.39. The first-order chi connectivity index (χ1) is 11.7. The molecule has 0 aliphatic carbocycles. The molecule has 142 valence electrons. The maximum Gasteiger partial charge on any atom is 0.191 e. The van der Waals surface area contributed by atoms with Crippen molar-refractivity contribution in [3.05, 3.63) is 35.4 Å². The number of nitrogens with one attached hydrogen (secondary N) is 2. The number of hydrogen-bond acceptors (Lipinski definition) is 3. The van der Waals surface area contributed by atoms with Gasteiger partial charge in [0.1, 0.15) is 0 Å². The van der Waals surface area contributed by atoms with E-state index >= 15 is 0 Å². The molecule has 0 aromatic heterocycles. The van der Waals surface area contributed by atoms with Crippen LogP contribution < -0.4 is 10.6 Å². The lowest BCUT2D eigenvalue weighted by atomic mass is 10.1. The summed E-state index contributed by atoms with van der Waals surface area (Å²) in [6.45, 7) is 16.0. The van der Waals surface area contributed by atoms with Crippen LogP contribution in [0.1, 0.15) is 25.0 Å². The zero-order valence-electron chi connectivity index (χ0n) is 15.9. The van der Waals surface area contributed by atoms with Gasteiger partial charge in [0.25, 0.3) is 0 Å². The molecule has 6 heteroatoms. The van der Waals surface area contributed by atoms with Crippen LogP contribution in [0.25, 0.3) is 0 Å². The maximum absolute atomic E-state index is 4.70. The fraction of sp³-hybridized carbons (Fsp3) is 0.632. The summed E-state index contributed by atoms with van der Waals surface area (Å²) in [5, 5.41) is 6.80. The molecule has 1 aliphatic rings. The van der Waals surface area contributed by atoms with E-state index in [-0.39, 0.29) is 24.0 Å². The molecule has 1 saturated heterocycles. The minimum Gasteiger partial charge on any atom is -0.357 e. The molecule has 5 nitrogen and oxygen atoms in total. The van der Waals surface area contributed by atoms with Gasteiger partial charge in [-0.25, -0.2) is 4.99 Å². The van der Waals surface area contributed by atoms with Gasteiger partial charge < -0.3 is 15.5 Å². The van der Waals surface area contributed by atoms with E-state index < -0.39 is 0 Å². The second-order valence-electron chi connectivity index (χ2n) is 6.39. The number of aryl methyl sites for hydroxylation is 1. The maximum atomic E-state index is 4.70. The van der Waals surface area contributed by atoms with Crippen molar-refractivity contribution in [2.45, 2.75) is 27.3 Å². The van der Waals surface area contributed by atoms with Gasteiger partial charge in [-0.05, 0) is 26.0 Å². The first-order valence-electron chi connectivity index (χ1n) is 9.23. The van der Waals surface area contributed by atoms with Gasteiger partial charge >= 0.3 is 0 Å². The van der Waals surface area contributed by atoms with Crippen LogP contribution in [0.5, 0.6) is 0 Å². The highest BCUT2D eigenvalue weighted by atomic mass is 127. The lowest BCUT2D eigenvalue weighted by Gasteiger charge is -2.34. The van der Waals surface area contributed by atoms with Crippen LogP contribution in [0.2, 0.25) is 0 Å². The Hall–Kier alpha value is -0.860. The van der Waals surface area contributed by atoms with E-state index in [9.17, 15) is 0 Å². The molecule has 2 rings (SSSR count). The SMILES string of the molecule is CCNC(=NCc1cccc(C)c1)NCCN1CCN(CC)CC1.I. The molecule has 25 heavy (non-hydrogen) atoms. The van der Waals surface area contributed by atoms with Crippen molar-refractivity contribution in [3.63, 3.8) is 0 Å². The zero-order chi connectivity index (χ0) is 17.2. The van der Waals surface area contributed by atoms with Gasteiger partial charge in [-0.15, -0.1) is 24.0 Å². The topological polar surface area (TPSA) is 42.9 Å².